The molecule has 2 nitrogen and oxygen atoms in total. The molecule has 0 saturated carbocycles. The largest absolute Gasteiger partial charge is 0.218 e. The van der Waals surface area contributed by atoms with Crippen LogP contribution in [0.25, 0.3) is 6.08 Å². The van der Waals surface area contributed by atoms with Crippen LogP contribution in [0, 0.1) is 0 Å². The van der Waals surface area contributed by atoms with Gasteiger partial charge in [0.05, 0.1) is 4.90 Å². The lowest BCUT2D eigenvalue weighted by Crippen LogP contribution is -1.99. The van der Waals surface area contributed by atoms with E-state index in [4.69, 9.17) is 0 Å². The van der Waals surface area contributed by atoms with Gasteiger partial charge in [-0.1, -0.05) is 48.5 Å². The van der Waals surface area contributed by atoms with E-state index >= 15 is 0 Å². The second-order valence-corrected chi connectivity index (χ2v) is 6.97. The lowest BCUT2D eigenvalue weighted by molar-refractivity contribution is 0.604. The van der Waals surface area contributed by atoms with E-state index in [1.807, 2.05) is 30.3 Å². The van der Waals surface area contributed by atoms with Crippen molar-refractivity contribution in [2.45, 2.75) is 4.90 Å². The molecule has 0 unspecified atom stereocenters. The van der Waals surface area contributed by atoms with Crippen LogP contribution in [-0.4, -0.2) is 8.42 Å². The SMILES string of the molecule is O=S(=O)(/C(Br)=C\c1ccccc1)c1ccccc1. The molecular formula is C14H11BrO2S. The van der Waals surface area contributed by atoms with Crippen molar-refractivity contribution in [3.05, 3.63) is 70.0 Å². The molecule has 0 aliphatic carbocycles. The second kappa shape index (κ2) is 5.50. The van der Waals surface area contributed by atoms with Crippen LogP contribution in [0.2, 0.25) is 0 Å². The third kappa shape index (κ3) is 2.89. The minimum atomic E-state index is -3.46. The van der Waals surface area contributed by atoms with Gasteiger partial charge in [0.2, 0.25) is 9.84 Å². The molecule has 0 saturated heterocycles. The highest BCUT2D eigenvalue weighted by Gasteiger charge is 2.17. The van der Waals surface area contributed by atoms with Gasteiger partial charge in [0, 0.05) is 0 Å². The first-order chi connectivity index (χ1) is 8.60. The average molecular weight is 323 g/mol. The van der Waals surface area contributed by atoms with Crippen molar-refractivity contribution in [1.82, 2.24) is 0 Å². The van der Waals surface area contributed by atoms with Crippen molar-refractivity contribution >= 4 is 31.8 Å². The molecule has 18 heavy (non-hydrogen) atoms. The molecule has 2 aromatic rings. The van der Waals surface area contributed by atoms with E-state index in [2.05, 4.69) is 15.9 Å². The fourth-order valence-electron chi connectivity index (χ4n) is 1.47. The molecule has 0 aromatic heterocycles. The van der Waals surface area contributed by atoms with Crippen LogP contribution >= 0.6 is 15.9 Å². The van der Waals surface area contributed by atoms with Crippen molar-refractivity contribution in [1.29, 1.82) is 0 Å². The minimum absolute atomic E-state index is 0.160. The van der Waals surface area contributed by atoms with Crippen LogP contribution in [0.4, 0.5) is 0 Å². The summed E-state index contributed by atoms with van der Waals surface area (Å²) in [5.41, 5.74) is 0.837. The maximum absolute atomic E-state index is 12.2. The summed E-state index contributed by atoms with van der Waals surface area (Å²) in [7, 11) is -3.46. The van der Waals surface area contributed by atoms with Crippen molar-refractivity contribution in [2.75, 3.05) is 0 Å². The van der Waals surface area contributed by atoms with Crippen molar-refractivity contribution < 1.29 is 8.42 Å². The van der Waals surface area contributed by atoms with Gasteiger partial charge in [0.1, 0.15) is 3.81 Å². The second-order valence-electron chi connectivity index (χ2n) is 3.68. The summed E-state index contributed by atoms with van der Waals surface area (Å²) in [5, 5.41) is 0. The van der Waals surface area contributed by atoms with Gasteiger partial charge in [0.15, 0.2) is 0 Å². The summed E-state index contributed by atoms with van der Waals surface area (Å²) in [6.45, 7) is 0. The van der Waals surface area contributed by atoms with E-state index in [0.29, 0.717) is 0 Å². The standard InChI is InChI=1S/C14H11BrO2S/c15-14(11-12-7-3-1-4-8-12)18(16,17)13-9-5-2-6-10-13/h1-11H/b14-11-. The maximum Gasteiger partial charge on any atom is 0.213 e. The van der Waals surface area contributed by atoms with Crippen LogP contribution < -0.4 is 0 Å². The molecule has 0 radical (unpaired) electrons. The van der Waals surface area contributed by atoms with E-state index in [-0.39, 0.29) is 8.71 Å². The molecule has 0 atom stereocenters. The van der Waals surface area contributed by atoms with Gasteiger partial charge >= 0.3 is 0 Å². The Hall–Kier alpha value is -1.39. The number of hydrogen-bond acceptors (Lipinski definition) is 2. The van der Waals surface area contributed by atoms with E-state index in [1.54, 1.807) is 36.4 Å². The zero-order valence-corrected chi connectivity index (χ0v) is 11.9. The van der Waals surface area contributed by atoms with Gasteiger partial charge in [-0.2, -0.15) is 0 Å². The summed E-state index contributed by atoms with van der Waals surface area (Å²) in [5.74, 6) is 0. The predicted octanol–water partition coefficient (Wildman–Crippen LogP) is 3.85. The molecule has 0 amide bonds. The summed E-state index contributed by atoms with van der Waals surface area (Å²) in [4.78, 5) is 0.282. The number of halogens is 1. The number of rotatable bonds is 3. The van der Waals surface area contributed by atoms with E-state index in [1.165, 1.54) is 0 Å². The van der Waals surface area contributed by atoms with Crippen LogP contribution in [0.15, 0.2) is 69.4 Å². The summed E-state index contributed by atoms with van der Waals surface area (Å²) >= 11 is 3.15. The number of hydrogen-bond donors (Lipinski definition) is 0. The molecule has 0 fully saturated rings. The lowest BCUT2D eigenvalue weighted by Gasteiger charge is -2.03. The Bertz CT molecular complexity index is 647. The summed E-state index contributed by atoms with van der Waals surface area (Å²) in [6, 6.07) is 17.7. The zero-order chi connectivity index (χ0) is 13.0. The highest BCUT2D eigenvalue weighted by atomic mass is 79.9. The Morgan fingerprint density at radius 2 is 1.39 bits per heavy atom. The Morgan fingerprint density at radius 1 is 0.889 bits per heavy atom. The number of sulfone groups is 1. The van der Waals surface area contributed by atoms with Gasteiger partial charge < -0.3 is 0 Å². The van der Waals surface area contributed by atoms with Crippen molar-refractivity contribution in [3.63, 3.8) is 0 Å². The third-order valence-corrected chi connectivity index (χ3v) is 5.42. The fraction of sp³-hybridized carbons (Fsp3) is 0. The number of benzene rings is 2. The van der Waals surface area contributed by atoms with Gasteiger partial charge in [-0.3, -0.25) is 0 Å². The predicted molar refractivity (Wildman–Crippen MR) is 77.0 cm³/mol. The maximum atomic E-state index is 12.2. The summed E-state index contributed by atoms with van der Waals surface area (Å²) < 4.78 is 24.6. The minimum Gasteiger partial charge on any atom is -0.218 e. The van der Waals surface area contributed by atoms with Gasteiger partial charge in [-0.25, -0.2) is 8.42 Å². The molecular weight excluding hydrogens is 312 g/mol. The molecule has 2 rings (SSSR count). The monoisotopic (exact) mass is 322 g/mol. The summed E-state index contributed by atoms with van der Waals surface area (Å²) in [6.07, 6.45) is 1.60. The smallest absolute Gasteiger partial charge is 0.213 e. The molecule has 4 heteroatoms. The van der Waals surface area contributed by atoms with Crippen LogP contribution in [0.1, 0.15) is 5.56 Å². The quantitative estimate of drug-likeness (QED) is 0.860. The Morgan fingerprint density at radius 3 is 1.94 bits per heavy atom. The Kier molecular flexibility index (Phi) is 3.99. The topological polar surface area (TPSA) is 34.1 Å². The Labute approximate surface area is 115 Å². The molecule has 2 aromatic carbocycles. The first-order valence-electron chi connectivity index (χ1n) is 5.33. The van der Waals surface area contributed by atoms with E-state index in [9.17, 15) is 8.42 Å². The van der Waals surface area contributed by atoms with Gasteiger partial charge in [-0.05, 0) is 39.7 Å². The van der Waals surface area contributed by atoms with Crippen molar-refractivity contribution in [3.8, 4) is 0 Å². The van der Waals surface area contributed by atoms with E-state index < -0.39 is 9.84 Å². The first kappa shape index (κ1) is 13.1. The lowest BCUT2D eigenvalue weighted by atomic mass is 10.2. The van der Waals surface area contributed by atoms with Gasteiger partial charge in [-0.15, -0.1) is 0 Å². The zero-order valence-electron chi connectivity index (χ0n) is 9.45. The third-order valence-electron chi connectivity index (χ3n) is 2.39. The molecule has 0 bridgehead atoms. The normalized spacial score (nSPS) is 12.4. The fourth-order valence-corrected chi connectivity index (χ4v) is 3.33. The van der Waals surface area contributed by atoms with Crippen LogP contribution in [0.3, 0.4) is 0 Å². The van der Waals surface area contributed by atoms with E-state index in [0.717, 1.165) is 5.56 Å². The molecule has 0 aliphatic rings. The molecule has 92 valence electrons. The highest BCUT2D eigenvalue weighted by Crippen LogP contribution is 2.25. The van der Waals surface area contributed by atoms with Crippen LogP contribution in [0.5, 0.6) is 0 Å². The average Bonchev–Trinajstić information content (AvgIpc) is 2.41. The molecule has 0 N–H and O–H groups in total. The Balaban J connectivity index is 2.40. The van der Waals surface area contributed by atoms with Gasteiger partial charge in [0.25, 0.3) is 0 Å². The molecule has 0 heterocycles. The first-order valence-corrected chi connectivity index (χ1v) is 7.61. The molecule has 0 spiro atoms. The molecule has 0 aliphatic heterocycles. The highest BCUT2D eigenvalue weighted by molar-refractivity contribution is 9.13. The van der Waals surface area contributed by atoms with Crippen molar-refractivity contribution in [2.24, 2.45) is 0 Å². The van der Waals surface area contributed by atoms with Crippen LogP contribution in [-0.2, 0) is 9.84 Å².